The van der Waals surface area contributed by atoms with Crippen LogP contribution in [0.4, 0.5) is 0 Å². The average molecular weight is 235 g/mol. The van der Waals surface area contributed by atoms with Crippen LogP contribution in [0.1, 0.15) is 18.5 Å². The van der Waals surface area contributed by atoms with E-state index in [2.05, 4.69) is 11.2 Å². The lowest BCUT2D eigenvalue weighted by atomic mass is 10.1. The Balaban J connectivity index is 2.67. The molecule has 2 atom stereocenters. The van der Waals surface area contributed by atoms with E-state index in [1.807, 2.05) is 0 Å². The molecule has 0 bridgehead atoms. The number of carbonyl (C=O) groups is 1. The molecule has 2 unspecified atom stereocenters. The molecular weight excluding hydrogens is 218 g/mol. The molecule has 0 spiro atoms. The normalized spacial score (nSPS) is 13.8. The fraction of sp³-hybridized carbons (Fsp3) is 0.545. The van der Waals surface area contributed by atoms with Gasteiger partial charge in [0, 0.05) is 32.4 Å². The van der Waals surface area contributed by atoms with Gasteiger partial charge in [-0.2, -0.15) is 10.4 Å². The molecule has 0 aliphatic rings. The quantitative estimate of drug-likeness (QED) is 0.798. The van der Waals surface area contributed by atoms with Crippen LogP contribution in [0, 0.1) is 17.2 Å². The Morgan fingerprint density at radius 2 is 2.41 bits per heavy atom. The van der Waals surface area contributed by atoms with Crippen molar-refractivity contribution in [1.29, 1.82) is 5.26 Å². The Labute approximate surface area is 101 Å². The number of aryl methyl sites for hydroxylation is 1. The number of aromatic nitrogens is 2. The fourth-order valence-corrected chi connectivity index (χ4v) is 1.52. The highest BCUT2D eigenvalue weighted by molar-refractivity contribution is 5.82. The first-order chi connectivity index (χ1) is 7.95. The number of nitriles is 1. The Bertz CT molecular complexity index is 433. The summed E-state index contributed by atoms with van der Waals surface area (Å²) in [5.41, 5.74) is 6.52. The molecule has 0 aliphatic carbocycles. The molecule has 1 aromatic rings. The van der Waals surface area contributed by atoms with Crippen molar-refractivity contribution < 1.29 is 4.79 Å². The third kappa shape index (κ3) is 3.29. The lowest BCUT2D eigenvalue weighted by Crippen LogP contribution is -2.37. The van der Waals surface area contributed by atoms with Crippen molar-refractivity contribution in [1.82, 2.24) is 14.7 Å². The molecule has 1 rings (SSSR count). The van der Waals surface area contributed by atoms with Crippen LogP contribution < -0.4 is 5.73 Å². The van der Waals surface area contributed by atoms with E-state index in [0.29, 0.717) is 12.1 Å². The number of rotatable bonds is 4. The Hall–Kier alpha value is -1.87. The van der Waals surface area contributed by atoms with Gasteiger partial charge in [-0.25, -0.2) is 0 Å². The van der Waals surface area contributed by atoms with Gasteiger partial charge in [0.15, 0.2) is 0 Å². The third-order valence-corrected chi connectivity index (χ3v) is 2.49. The van der Waals surface area contributed by atoms with E-state index in [4.69, 9.17) is 11.0 Å². The van der Waals surface area contributed by atoms with Gasteiger partial charge in [0.1, 0.15) is 6.04 Å². The lowest BCUT2D eigenvalue weighted by Gasteiger charge is -2.21. The van der Waals surface area contributed by atoms with Gasteiger partial charge in [0.05, 0.1) is 18.2 Å². The smallest absolute Gasteiger partial charge is 0.243 e. The van der Waals surface area contributed by atoms with Crippen LogP contribution in [0.2, 0.25) is 0 Å². The number of likely N-dealkylation sites (N-methyl/N-ethyl adjacent to an activating group) is 1. The van der Waals surface area contributed by atoms with Gasteiger partial charge in [-0.15, -0.1) is 0 Å². The van der Waals surface area contributed by atoms with Crippen LogP contribution in [0.5, 0.6) is 0 Å². The molecule has 0 aromatic carbocycles. The van der Waals surface area contributed by atoms with Gasteiger partial charge in [-0.05, 0) is 6.92 Å². The highest BCUT2D eigenvalue weighted by Gasteiger charge is 2.22. The maximum absolute atomic E-state index is 12.0. The van der Waals surface area contributed by atoms with Crippen molar-refractivity contribution in [2.75, 3.05) is 13.6 Å². The maximum Gasteiger partial charge on any atom is 0.243 e. The van der Waals surface area contributed by atoms with Gasteiger partial charge < -0.3 is 10.6 Å². The van der Waals surface area contributed by atoms with Crippen LogP contribution in [-0.4, -0.2) is 34.2 Å². The second-order valence-corrected chi connectivity index (χ2v) is 4.17. The molecule has 6 heteroatoms. The summed E-state index contributed by atoms with van der Waals surface area (Å²) in [5.74, 6) is -0.412. The Morgan fingerprint density at radius 1 is 1.76 bits per heavy atom. The zero-order valence-electron chi connectivity index (χ0n) is 10.3. The summed E-state index contributed by atoms with van der Waals surface area (Å²) in [5, 5.41) is 12.7. The largest absolute Gasteiger partial charge is 0.343 e. The van der Waals surface area contributed by atoms with E-state index in [0.717, 1.165) is 0 Å². The van der Waals surface area contributed by atoms with Crippen molar-refractivity contribution >= 4 is 5.91 Å². The molecule has 17 heavy (non-hydrogen) atoms. The van der Waals surface area contributed by atoms with Gasteiger partial charge in [-0.1, -0.05) is 0 Å². The molecule has 92 valence electrons. The molecule has 6 nitrogen and oxygen atoms in total. The summed E-state index contributed by atoms with van der Waals surface area (Å²) in [6.07, 6.45) is 3.29. The van der Waals surface area contributed by atoms with Gasteiger partial charge in [-0.3, -0.25) is 9.48 Å². The van der Waals surface area contributed by atoms with Gasteiger partial charge >= 0.3 is 0 Å². The number of carbonyl (C=O) groups excluding carboxylic acids is 1. The predicted octanol–water partition coefficient (Wildman–Crippen LogP) is 0.0380. The highest BCUT2D eigenvalue weighted by atomic mass is 16.2. The van der Waals surface area contributed by atoms with Crippen molar-refractivity contribution in [2.45, 2.75) is 13.0 Å². The SMILES string of the molecule is CC(C#N)CN(C)C(=O)C(N)c1cnn(C)c1. The van der Waals surface area contributed by atoms with Crippen molar-refractivity contribution in [3.05, 3.63) is 18.0 Å². The molecule has 0 aliphatic heterocycles. The van der Waals surface area contributed by atoms with Gasteiger partial charge in [0.2, 0.25) is 5.91 Å². The minimum atomic E-state index is -0.723. The molecule has 1 heterocycles. The van der Waals surface area contributed by atoms with E-state index in [1.165, 1.54) is 4.90 Å². The van der Waals surface area contributed by atoms with Crippen LogP contribution in [0.3, 0.4) is 0 Å². The second kappa shape index (κ2) is 5.46. The van der Waals surface area contributed by atoms with Crippen molar-refractivity contribution in [3.8, 4) is 6.07 Å². The molecule has 0 fully saturated rings. The molecule has 1 aromatic heterocycles. The first-order valence-corrected chi connectivity index (χ1v) is 5.34. The third-order valence-electron chi connectivity index (χ3n) is 2.49. The van der Waals surface area contributed by atoms with E-state index in [-0.39, 0.29) is 11.8 Å². The Morgan fingerprint density at radius 3 is 2.88 bits per heavy atom. The van der Waals surface area contributed by atoms with Crippen LogP contribution in [0.15, 0.2) is 12.4 Å². The molecule has 1 amide bonds. The van der Waals surface area contributed by atoms with Crippen molar-refractivity contribution in [3.63, 3.8) is 0 Å². The number of hydrogen-bond acceptors (Lipinski definition) is 4. The number of hydrogen-bond donors (Lipinski definition) is 1. The standard InChI is InChI=1S/C11H17N5O/c1-8(4-12)6-15(2)11(17)10(13)9-5-14-16(3)7-9/h5,7-8,10H,6,13H2,1-3H3. The minimum absolute atomic E-state index is 0.204. The van der Waals surface area contributed by atoms with Crippen LogP contribution in [0.25, 0.3) is 0 Å². The number of nitrogens with zero attached hydrogens (tertiary/aromatic N) is 4. The first kappa shape index (κ1) is 13.2. The number of nitrogens with two attached hydrogens (primary N) is 1. The Kier molecular flexibility index (Phi) is 4.24. The zero-order valence-corrected chi connectivity index (χ0v) is 10.3. The summed E-state index contributed by atoms with van der Waals surface area (Å²) in [6.45, 7) is 2.14. The summed E-state index contributed by atoms with van der Waals surface area (Å²) < 4.78 is 1.60. The molecule has 0 radical (unpaired) electrons. The van der Waals surface area contributed by atoms with E-state index < -0.39 is 6.04 Å². The summed E-state index contributed by atoms with van der Waals surface area (Å²) in [7, 11) is 3.41. The first-order valence-electron chi connectivity index (χ1n) is 5.34. The average Bonchev–Trinajstić information content (AvgIpc) is 2.73. The van der Waals surface area contributed by atoms with Crippen molar-refractivity contribution in [2.24, 2.45) is 18.7 Å². The monoisotopic (exact) mass is 235 g/mol. The highest BCUT2D eigenvalue weighted by Crippen LogP contribution is 2.12. The number of amides is 1. The molecule has 2 N–H and O–H groups in total. The zero-order chi connectivity index (χ0) is 13.0. The summed E-state index contributed by atoms with van der Waals surface area (Å²) in [6, 6.07) is 1.36. The molecule has 0 saturated carbocycles. The van der Waals surface area contributed by atoms with E-state index in [9.17, 15) is 4.79 Å². The van der Waals surface area contributed by atoms with Crippen LogP contribution in [-0.2, 0) is 11.8 Å². The summed E-state index contributed by atoms with van der Waals surface area (Å²) in [4.78, 5) is 13.4. The topological polar surface area (TPSA) is 87.9 Å². The minimum Gasteiger partial charge on any atom is -0.343 e. The molecular formula is C11H17N5O. The fourth-order valence-electron chi connectivity index (χ4n) is 1.52. The van der Waals surface area contributed by atoms with E-state index >= 15 is 0 Å². The predicted molar refractivity (Wildman–Crippen MR) is 62.6 cm³/mol. The van der Waals surface area contributed by atoms with E-state index in [1.54, 1.807) is 38.1 Å². The van der Waals surface area contributed by atoms with Crippen LogP contribution >= 0.6 is 0 Å². The van der Waals surface area contributed by atoms with Gasteiger partial charge in [0.25, 0.3) is 0 Å². The summed E-state index contributed by atoms with van der Waals surface area (Å²) >= 11 is 0. The molecule has 0 saturated heterocycles. The lowest BCUT2D eigenvalue weighted by molar-refractivity contribution is -0.131. The second-order valence-electron chi connectivity index (χ2n) is 4.17. The maximum atomic E-state index is 12.0.